The molecule has 0 N–H and O–H groups in total. The molecule has 0 radical (unpaired) electrons. The summed E-state index contributed by atoms with van der Waals surface area (Å²) in [6.45, 7) is 3.79. The SMILES string of the molecule is CC1(CN2CC(C#N)CC2=O)CCCC1. The first-order valence-electron chi connectivity index (χ1n) is 5.80. The molecule has 0 aromatic heterocycles. The zero-order valence-electron chi connectivity index (χ0n) is 9.33. The van der Waals surface area contributed by atoms with E-state index in [2.05, 4.69) is 13.0 Å². The summed E-state index contributed by atoms with van der Waals surface area (Å²) in [5, 5.41) is 8.80. The highest BCUT2D eigenvalue weighted by Crippen LogP contribution is 2.39. The first-order valence-corrected chi connectivity index (χ1v) is 5.80. The van der Waals surface area contributed by atoms with Gasteiger partial charge in [0, 0.05) is 19.5 Å². The summed E-state index contributed by atoms with van der Waals surface area (Å²) in [5.41, 5.74) is 0.319. The second kappa shape index (κ2) is 3.84. The fourth-order valence-electron chi connectivity index (χ4n) is 2.86. The van der Waals surface area contributed by atoms with Crippen molar-refractivity contribution >= 4 is 5.91 Å². The molecule has 1 atom stereocenters. The zero-order valence-corrected chi connectivity index (χ0v) is 9.33. The second-order valence-corrected chi connectivity index (χ2v) is 5.32. The van der Waals surface area contributed by atoms with E-state index in [1.54, 1.807) is 0 Å². The lowest BCUT2D eigenvalue weighted by atomic mass is 9.88. The maximum atomic E-state index is 11.6. The Morgan fingerprint density at radius 3 is 2.73 bits per heavy atom. The summed E-state index contributed by atoms with van der Waals surface area (Å²) < 4.78 is 0. The molecular formula is C12H18N2O. The van der Waals surface area contributed by atoms with Crippen molar-refractivity contribution < 1.29 is 4.79 Å². The van der Waals surface area contributed by atoms with Crippen LogP contribution in [-0.4, -0.2) is 23.9 Å². The molecule has 1 aliphatic heterocycles. The van der Waals surface area contributed by atoms with E-state index >= 15 is 0 Å². The average molecular weight is 206 g/mol. The fourth-order valence-corrected chi connectivity index (χ4v) is 2.86. The quantitative estimate of drug-likeness (QED) is 0.693. The normalized spacial score (nSPS) is 29.5. The molecule has 2 fully saturated rings. The van der Waals surface area contributed by atoms with Crippen LogP contribution in [0.5, 0.6) is 0 Å². The number of nitrogens with zero attached hydrogens (tertiary/aromatic N) is 2. The topological polar surface area (TPSA) is 44.1 Å². The minimum absolute atomic E-state index is 0.0671. The summed E-state index contributed by atoms with van der Waals surface area (Å²) in [6.07, 6.45) is 5.48. The molecule has 1 unspecified atom stereocenters. The fraction of sp³-hybridized carbons (Fsp3) is 0.833. The van der Waals surface area contributed by atoms with Crippen molar-refractivity contribution in [2.24, 2.45) is 11.3 Å². The van der Waals surface area contributed by atoms with Gasteiger partial charge in [-0.05, 0) is 18.3 Å². The van der Waals surface area contributed by atoms with Crippen LogP contribution in [0.3, 0.4) is 0 Å². The monoisotopic (exact) mass is 206 g/mol. The van der Waals surface area contributed by atoms with Gasteiger partial charge in [0.2, 0.25) is 5.91 Å². The Hall–Kier alpha value is -1.04. The molecule has 0 aromatic carbocycles. The Labute approximate surface area is 91.1 Å². The van der Waals surface area contributed by atoms with Gasteiger partial charge >= 0.3 is 0 Å². The van der Waals surface area contributed by atoms with Gasteiger partial charge in [0.1, 0.15) is 0 Å². The standard InChI is InChI=1S/C12H18N2O/c1-12(4-2-3-5-12)9-14-8-10(7-13)6-11(14)15/h10H,2-6,8-9H2,1H3. The van der Waals surface area contributed by atoms with E-state index in [0.717, 1.165) is 6.54 Å². The van der Waals surface area contributed by atoms with Crippen molar-refractivity contribution in [1.82, 2.24) is 4.90 Å². The highest BCUT2D eigenvalue weighted by Gasteiger charge is 2.36. The van der Waals surface area contributed by atoms with E-state index < -0.39 is 0 Å². The Bertz CT molecular complexity index is 299. The van der Waals surface area contributed by atoms with Crippen LogP contribution in [0.15, 0.2) is 0 Å². The van der Waals surface area contributed by atoms with Crippen LogP contribution in [0.4, 0.5) is 0 Å². The molecule has 1 heterocycles. The molecule has 0 aromatic rings. The third-order valence-electron chi connectivity index (χ3n) is 3.78. The van der Waals surface area contributed by atoms with Crippen molar-refractivity contribution in [3.63, 3.8) is 0 Å². The molecule has 0 spiro atoms. The van der Waals surface area contributed by atoms with Gasteiger partial charge in [-0.2, -0.15) is 5.26 Å². The Kier molecular flexibility index (Phi) is 2.68. The van der Waals surface area contributed by atoms with Crippen molar-refractivity contribution in [3.05, 3.63) is 0 Å². The van der Waals surface area contributed by atoms with Gasteiger partial charge in [-0.1, -0.05) is 19.8 Å². The number of likely N-dealkylation sites (tertiary alicyclic amines) is 1. The van der Waals surface area contributed by atoms with E-state index in [1.807, 2.05) is 4.90 Å². The number of amides is 1. The van der Waals surface area contributed by atoms with Crippen LogP contribution >= 0.6 is 0 Å². The minimum Gasteiger partial charge on any atom is -0.341 e. The van der Waals surface area contributed by atoms with Crippen molar-refractivity contribution in [2.75, 3.05) is 13.1 Å². The van der Waals surface area contributed by atoms with Crippen LogP contribution < -0.4 is 0 Å². The third kappa shape index (κ3) is 2.14. The van der Waals surface area contributed by atoms with Crippen LogP contribution in [-0.2, 0) is 4.79 Å². The van der Waals surface area contributed by atoms with Crippen LogP contribution in [0, 0.1) is 22.7 Å². The minimum atomic E-state index is -0.0671. The summed E-state index contributed by atoms with van der Waals surface area (Å²) in [6, 6.07) is 2.20. The van der Waals surface area contributed by atoms with E-state index in [-0.39, 0.29) is 11.8 Å². The molecular weight excluding hydrogens is 188 g/mol. The number of hydrogen-bond donors (Lipinski definition) is 0. The second-order valence-electron chi connectivity index (χ2n) is 5.32. The number of carbonyl (C=O) groups is 1. The highest BCUT2D eigenvalue weighted by molar-refractivity contribution is 5.79. The molecule has 2 aliphatic rings. The Morgan fingerprint density at radius 1 is 1.53 bits per heavy atom. The molecule has 82 valence electrons. The zero-order chi connectivity index (χ0) is 10.9. The predicted octanol–water partition coefficient (Wildman–Crippen LogP) is 1.94. The summed E-state index contributed by atoms with van der Waals surface area (Å²) in [5.74, 6) is 0.108. The highest BCUT2D eigenvalue weighted by atomic mass is 16.2. The van der Waals surface area contributed by atoms with Crippen molar-refractivity contribution in [2.45, 2.75) is 39.0 Å². The summed E-state index contributed by atoms with van der Waals surface area (Å²) in [7, 11) is 0. The molecule has 0 bridgehead atoms. The molecule has 1 aliphatic carbocycles. The molecule has 1 saturated heterocycles. The first-order chi connectivity index (χ1) is 7.13. The molecule has 1 amide bonds. The maximum absolute atomic E-state index is 11.6. The van der Waals surface area contributed by atoms with Gasteiger partial charge in [-0.15, -0.1) is 0 Å². The lowest BCUT2D eigenvalue weighted by molar-refractivity contribution is -0.129. The first kappa shape index (κ1) is 10.5. The average Bonchev–Trinajstić information content (AvgIpc) is 2.75. The van der Waals surface area contributed by atoms with Crippen LogP contribution in [0.2, 0.25) is 0 Å². The lowest BCUT2D eigenvalue weighted by Gasteiger charge is -2.29. The Morgan fingerprint density at radius 2 is 2.20 bits per heavy atom. The molecule has 2 rings (SSSR count). The number of carbonyl (C=O) groups excluding carboxylic acids is 1. The molecule has 3 heteroatoms. The van der Waals surface area contributed by atoms with Crippen LogP contribution in [0.1, 0.15) is 39.0 Å². The molecule has 15 heavy (non-hydrogen) atoms. The van der Waals surface area contributed by atoms with Crippen molar-refractivity contribution in [1.29, 1.82) is 5.26 Å². The number of rotatable bonds is 2. The predicted molar refractivity (Wildman–Crippen MR) is 56.9 cm³/mol. The van der Waals surface area contributed by atoms with E-state index in [1.165, 1.54) is 25.7 Å². The van der Waals surface area contributed by atoms with E-state index in [0.29, 0.717) is 18.4 Å². The number of hydrogen-bond acceptors (Lipinski definition) is 2. The Balaban J connectivity index is 1.95. The third-order valence-corrected chi connectivity index (χ3v) is 3.78. The summed E-state index contributed by atoms with van der Waals surface area (Å²) in [4.78, 5) is 13.6. The lowest BCUT2D eigenvalue weighted by Crippen LogP contribution is -2.35. The smallest absolute Gasteiger partial charge is 0.224 e. The number of nitriles is 1. The van der Waals surface area contributed by atoms with Gasteiger partial charge in [-0.3, -0.25) is 4.79 Å². The van der Waals surface area contributed by atoms with E-state index in [4.69, 9.17) is 5.26 Å². The maximum Gasteiger partial charge on any atom is 0.224 e. The summed E-state index contributed by atoms with van der Waals surface area (Å²) >= 11 is 0. The van der Waals surface area contributed by atoms with Gasteiger partial charge < -0.3 is 4.90 Å². The molecule has 1 saturated carbocycles. The van der Waals surface area contributed by atoms with E-state index in [9.17, 15) is 4.79 Å². The van der Waals surface area contributed by atoms with Gasteiger partial charge in [0.15, 0.2) is 0 Å². The van der Waals surface area contributed by atoms with Gasteiger partial charge in [-0.25, -0.2) is 0 Å². The molecule has 3 nitrogen and oxygen atoms in total. The van der Waals surface area contributed by atoms with Crippen molar-refractivity contribution in [3.8, 4) is 6.07 Å². The van der Waals surface area contributed by atoms with Crippen LogP contribution in [0.25, 0.3) is 0 Å². The largest absolute Gasteiger partial charge is 0.341 e. The van der Waals surface area contributed by atoms with Gasteiger partial charge in [0.05, 0.1) is 12.0 Å². The van der Waals surface area contributed by atoms with Gasteiger partial charge in [0.25, 0.3) is 0 Å².